The van der Waals surface area contributed by atoms with E-state index in [0.29, 0.717) is 5.82 Å². The maximum Gasteiger partial charge on any atom is 0.222 e. The van der Waals surface area contributed by atoms with Crippen LogP contribution < -0.4 is 5.32 Å². The minimum Gasteiger partial charge on any atom is -0.330 e. The molecular formula is C10H15N3O. The smallest absolute Gasteiger partial charge is 0.222 e. The molecule has 0 atom stereocenters. The summed E-state index contributed by atoms with van der Waals surface area (Å²) in [5.74, 6) is 1.36. The molecule has 0 bridgehead atoms. The van der Waals surface area contributed by atoms with E-state index in [9.17, 15) is 4.79 Å². The van der Waals surface area contributed by atoms with E-state index in [4.69, 9.17) is 0 Å². The normalized spacial score (nSPS) is 10.8. The van der Waals surface area contributed by atoms with Crippen LogP contribution in [0, 0.1) is 0 Å². The van der Waals surface area contributed by atoms with Gasteiger partial charge in [0.25, 0.3) is 0 Å². The van der Waals surface area contributed by atoms with Crippen LogP contribution >= 0.6 is 0 Å². The fourth-order valence-corrected chi connectivity index (χ4v) is 1.21. The molecule has 1 amide bonds. The zero-order chi connectivity index (χ0) is 10.6. The lowest BCUT2D eigenvalue weighted by atomic mass is 10.5. The van der Waals surface area contributed by atoms with E-state index in [-0.39, 0.29) is 5.91 Å². The zero-order valence-electron chi connectivity index (χ0n) is 8.74. The first-order valence-corrected chi connectivity index (χ1v) is 4.64. The van der Waals surface area contributed by atoms with Gasteiger partial charge in [-0.05, 0) is 19.9 Å². The van der Waals surface area contributed by atoms with Gasteiger partial charge in [0.05, 0.1) is 0 Å². The van der Waals surface area contributed by atoms with E-state index in [0.717, 1.165) is 12.4 Å². The van der Waals surface area contributed by atoms with Crippen molar-refractivity contribution < 1.29 is 4.79 Å². The Labute approximate surface area is 83.6 Å². The lowest BCUT2D eigenvalue weighted by molar-refractivity contribution is -0.114. The van der Waals surface area contributed by atoms with E-state index in [1.165, 1.54) is 6.92 Å². The number of rotatable bonds is 3. The second-order valence-corrected chi connectivity index (χ2v) is 2.95. The first kappa shape index (κ1) is 10.5. The molecule has 0 unspecified atom stereocenters. The lowest BCUT2D eigenvalue weighted by Crippen LogP contribution is -2.05. The molecule has 14 heavy (non-hydrogen) atoms. The highest BCUT2D eigenvalue weighted by Gasteiger charge is 2.04. The number of allylic oxidation sites excluding steroid dienone is 1. The first-order chi connectivity index (χ1) is 6.67. The van der Waals surface area contributed by atoms with Crippen LogP contribution in [0.15, 0.2) is 12.3 Å². The molecule has 1 rings (SSSR count). The van der Waals surface area contributed by atoms with Crippen molar-refractivity contribution in [3.8, 4) is 0 Å². The number of hydrogen-bond acceptors (Lipinski definition) is 2. The Kier molecular flexibility index (Phi) is 3.45. The minimum absolute atomic E-state index is 0.0993. The van der Waals surface area contributed by atoms with E-state index in [1.54, 1.807) is 0 Å². The summed E-state index contributed by atoms with van der Waals surface area (Å²) in [6, 6.07) is 0. The fourth-order valence-electron chi connectivity index (χ4n) is 1.21. The minimum atomic E-state index is -0.0993. The third-order valence-corrected chi connectivity index (χ3v) is 1.77. The number of imidazole rings is 1. The van der Waals surface area contributed by atoms with Crippen LogP contribution in [0.25, 0.3) is 6.08 Å². The molecule has 1 aromatic rings. The standard InChI is InChI=1S/C10H15N3O/c1-4-6-10-12-9(11-8(3)14)7-13(10)5-2/h4,6-7H,5H2,1-3H3,(H,11,14)/b6-4-. The van der Waals surface area contributed by atoms with Crippen molar-refractivity contribution in [1.29, 1.82) is 0 Å². The number of nitrogens with one attached hydrogen (secondary N) is 1. The highest BCUT2D eigenvalue weighted by Crippen LogP contribution is 2.09. The summed E-state index contributed by atoms with van der Waals surface area (Å²) in [6.45, 7) is 6.28. The summed E-state index contributed by atoms with van der Waals surface area (Å²) in [5.41, 5.74) is 0. The molecule has 0 aromatic carbocycles. The van der Waals surface area contributed by atoms with Gasteiger partial charge in [0.2, 0.25) is 5.91 Å². The van der Waals surface area contributed by atoms with Gasteiger partial charge in [0.1, 0.15) is 5.82 Å². The number of hydrogen-bond donors (Lipinski definition) is 1. The van der Waals surface area contributed by atoms with E-state index in [2.05, 4.69) is 10.3 Å². The van der Waals surface area contributed by atoms with Gasteiger partial charge in [-0.2, -0.15) is 0 Å². The van der Waals surface area contributed by atoms with Crippen molar-refractivity contribution in [3.63, 3.8) is 0 Å². The van der Waals surface area contributed by atoms with Crippen LogP contribution in [0.3, 0.4) is 0 Å². The first-order valence-electron chi connectivity index (χ1n) is 4.64. The van der Waals surface area contributed by atoms with Gasteiger partial charge in [-0.15, -0.1) is 0 Å². The molecule has 4 heteroatoms. The monoisotopic (exact) mass is 193 g/mol. The van der Waals surface area contributed by atoms with Gasteiger partial charge in [-0.3, -0.25) is 4.79 Å². The van der Waals surface area contributed by atoms with E-state index in [1.807, 2.05) is 36.8 Å². The summed E-state index contributed by atoms with van der Waals surface area (Å²) in [5, 5.41) is 2.65. The van der Waals surface area contributed by atoms with E-state index >= 15 is 0 Å². The Hall–Kier alpha value is -1.58. The Morgan fingerprint density at radius 1 is 1.71 bits per heavy atom. The Balaban J connectivity index is 2.94. The predicted molar refractivity (Wildman–Crippen MR) is 56.9 cm³/mol. The van der Waals surface area contributed by atoms with Crippen molar-refractivity contribution in [2.45, 2.75) is 27.3 Å². The summed E-state index contributed by atoms with van der Waals surface area (Å²) >= 11 is 0. The number of aryl methyl sites for hydroxylation is 1. The molecule has 0 fully saturated rings. The summed E-state index contributed by atoms with van der Waals surface area (Å²) < 4.78 is 1.98. The van der Waals surface area contributed by atoms with Crippen LogP contribution in [0.4, 0.5) is 5.82 Å². The molecule has 0 spiro atoms. The maximum absolute atomic E-state index is 10.8. The van der Waals surface area contributed by atoms with Crippen molar-refractivity contribution >= 4 is 17.8 Å². The molecule has 0 aliphatic rings. The number of anilines is 1. The highest BCUT2D eigenvalue weighted by molar-refractivity contribution is 5.87. The molecule has 1 N–H and O–H groups in total. The van der Waals surface area contributed by atoms with Crippen LogP contribution in [0.1, 0.15) is 26.6 Å². The second kappa shape index (κ2) is 4.60. The third kappa shape index (κ3) is 2.45. The van der Waals surface area contributed by atoms with Gasteiger partial charge in [-0.1, -0.05) is 6.08 Å². The lowest BCUT2D eigenvalue weighted by Gasteiger charge is -1.97. The largest absolute Gasteiger partial charge is 0.330 e. The predicted octanol–water partition coefficient (Wildman–Crippen LogP) is 1.89. The maximum atomic E-state index is 10.8. The summed E-state index contributed by atoms with van der Waals surface area (Å²) in [4.78, 5) is 15.1. The number of nitrogens with zero attached hydrogens (tertiary/aromatic N) is 2. The van der Waals surface area contributed by atoms with Gasteiger partial charge < -0.3 is 9.88 Å². The number of amides is 1. The zero-order valence-corrected chi connectivity index (χ0v) is 8.74. The van der Waals surface area contributed by atoms with Crippen LogP contribution in [-0.2, 0) is 11.3 Å². The van der Waals surface area contributed by atoms with Gasteiger partial charge in [0.15, 0.2) is 5.82 Å². The quantitative estimate of drug-likeness (QED) is 0.796. The van der Waals surface area contributed by atoms with Crippen LogP contribution in [0.5, 0.6) is 0 Å². The second-order valence-electron chi connectivity index (χ2n) is 2.95. The number of carbonyl (C=O) groups excluding carboxylic acids is 1. The average Bonchev–Trinajstić information content (AvgIpc) is 2.47. The third-order valence-electron chi connectivity index (χ3n) is 1.77. The molecule has 0 radical (unpaired) electrons. The number of aromatic nitrogens is 2. The molecule has 0 aliphatic heterocycles. The van der Waals surface area contributed by atoms with Crippen LogP contribution in [0.2, 0.25) is 0 Å². The highest BCUT2D eigenvalue weighted by atomic mass is 16.1. The number of carbonyl (C=O) groups is 1. The molecule has 0 saturated heterocycles. The van der Waals surface area contributed by atoms with Crippen molar-refractivity contribution in [3.05, 3.63) is 18.1 Å². The molecule has 0 aliphatic carbocycles. The fraction of sp³-hybridized carbons (Fsp3) is 0.400. The van der Waals surface area contributed by atoms with Crippen LogP contribution in [-0.4, -0.2) is 15.5 Å². The topological polar surface area (TPSA) is 46.9 Å². The van der Waals surface area contributed by atoms with Crippen molar-refractivity contribution in [1.82, 2.24) is 9.55 Å². The molecule has 1 aromatic heterocycles. The molecule has 76 valence electrons. The molecule has 1 heterocycles. The van der Waals surface area contributed by atoms with Gasteiger partial charge in [-0.25, -0.2) is 4.98 Å². The Morgan fingerprint density at radius 3 is 2.93 bits per heavy atom. The molecule has 0 saturated carbocycles. The average molecular weight is 193 g/mol. The Bertz CT molecular complexity index is 352. The van der Waals surface area contributed by atoms with E-state index < -0.39 is 0 Å². The van der Waals surface area contributed by atoms with Gasteiger partial charge in [0, 0.05) is 19.7 Å². The van der Waals surface area contributed by atoms with Crippen molar-refractivity contribution in [2.75, 3.05) is 5.32 Å². The Morgan fingerprint density at radius 2 is 2.43 bits per heavy atom. The van der Waals surface area contributed by atoms with Gasteiger partial charge >= 0.3 is 0 Å². The molecule has 4 nitrogen and oxygen atoms in total. The molecular weight excluding hydrogens is 178 g/mol. The van der Waals surface area contributed by atoms with Crippen molar-refractivity contribution in [2.24, 2.45) is 0 Å². The summed E-state index contributed by atoms with van der Waals surface area (Å²) in [6.07, 6.45) is 5.66. The summed E-state index contributed by atoms with van der Waals surface area (Å²) in [7, 11) is 0. The SMILES string of the molecule is C/C=C\c1nc(NC(C)=O)cn1CC.